The van der Waals surface area contributed by atoms with Crippen LogP contribution in [0.15, 0.2) is 168 Å². The van der Waals surface area contributed by atoms with Crippen LogP contribution in [0.1, 0.15) is 13.7 Å². The molecule has 3 aromatic heterocycles. The quantitative estimate of drug-likeness (QED) is 0.183. The molecule has 0 unspecified atom stereocenters. The number of furan rings is 1. The predicted molar refractivity (Wildman–Crippen MR) is 207 cm³/mol. The van der Waals surface area contributed by atoms with Gasteiger partial charge in [-0.25, -0.2) is 15.0 Å². The molecule has 0 amide bonds. The second-order valence-electron chi connectivity index (χ2n) is 11.7. The minimum atomic E-state index is -0.552. The standard InChI is InChI=1S/C45H27N3OS/c1-4-13-28(14-5-1)32-26-35(29-15-6-2-7-16-29)42-37(27-32)41-34(20-12-22-40(41)50-42)45-47-43(30-17-8-3-9-18-30)46-44(48-45)31-23-24-39-36(25-31)33-19-10-11-21-38(33)49-39/h1-27H/i1D,2D,4D,5D,6D,7D,13D,14D,15D,16D. The van der Waals surface area contributed by atoms with Crippen LogP contribution < -0.4 is 0 Å². The number of fused-ring (bicyclic) bond motifs is 6. The van der Waals surface area contributed by atoms with Gasteiger partial charge in [-0.3, -0.25) is 0 Å². The van der Waals surface area contributed by atoms with E-state index in [0.29, 0.717) is 38.5 Å². The zero-order chi connectivity index (χ0) is 41.7. The van der Waals surface area contributed by atoms with Gasteiger partial charge >= 0.3 is 0 Å². The highest BCUT2D eigenvalue weighted by Gasteiger charge is 2.20. The zero-order valence-corrected chi connectivity index (χ0v) is 26.8. The molecule has 0 aliphatic heterocycles. The normalized spacial score (nSPS) is 14.4. The van der Waals surface area contributed by atoms with Crippen LogP contribution in [0.4, 0.5) is 0 Å². The summed E-state index contributed by atoms with van der Waals surface area (Å²) in [7, 11) is 0. The molecule has 10 rings (SSSR count). The maximum absolute atomic E-state index is 8.95. The highest BCUT2D eigenvalue weighted by molar-refractivity contribution is 7.26. The average molecular weight is 668 g/mol. The molecule has 0 radical (unpaired) electrons. The number of benzene rings is 7. The van der Waals surface area contributed by atoms with E-state index in [1.54, 1.807) is 12.1 Å². The van der Waals surface area contributed by atoms with Gasteiger partial charge in [-0.1, -0.05) is 121 Å². The summed E-state index contributed by atoms with van der Waals surface area (Å²) in [6.07, 6.45) is 0. The van der Waals surface area contributed by atoms with Crippen LogP contribution >= 0.6 is 11.3 Å². The molecular formula is C45H27N3OS. The predicted octanol–water partition coefficient (Wildman–Crippen LogP) is 12.5. The van der Waals surface area contributed by atoms with Crippen molar-refractivity contribution in [3.63, 3.8) is 0 Å². The molecular weight excluding hydrogens is 631 g/mol. The Morgan fingerprint density at radius 1 is 0.460 bits per heavy atom. The first-order valence-electron chi connectivity index (χ1n) is 20.8. The fourth-order valence-corrected chi connectivity index (χ4v) is 7.66. The monoisotopic (exact) mass is 667 g/mol. The summed E-state index contributed by atoms with van der Waals surface area (Å²) in [5.74, 6) is 1.16. The van der Waals surface area contributed by atoms with E-state index in [4.69, 9.17) is 33.1 Å². The van der Waals surface area contributed by atoms with E-state index in [9.17, 15) is 0 Å². The Labute approximate surface area is 306 Å². The second-order valence-corrected chi connectivity index (χ2v) is 12.7. The van der Waals surface area contributed by atoms with Crippen molar-refractivity contribution in [1.82, 2.24) is 15.0 Å². The Balaban J connectivity index is 1.30. The van der Waals surface area contributed by atoms with Crippen molar-refractivity contribution in [3.05, 3.63) is 164 Å². The van der Waals surface area contributed by atoms with Crippen LogP contribution in [0.2, 0.25) is 0 Å². The Bertz CT molecular complexity index is 3400. The summed E-state index contributed by atoms with van der Waals surface area (Å²) < 4.78 is 93.5. The molecule has 3 heterocycles. The van der Waals surface area contributed by atoms with Crippen molar-refractivity contribution in [3.8, 4) is 56.4 Å². The molecule has 0 bridgehead atoms. The van der Waals surface area contributed by atoms with Crippen LogP contribution in [0, 0.1) is 0 Å². The molecule has 0 saturated heterocycles. The number of nitrogens with zero attached hydrogens (tertiary/aromatic N) is 3. The molecule has 50 heavy (non-hydrogen) atoms. The van der Waals surface area contributed by atoms with Crippen molar-refractivity contribution in [2.45, 2.75) is 0 Å². The molecule has 0 spiro atoms. The van der Waals surface area contributed by atoms with Crippen LogP contribution in [-0.2, 0) is 0 Å². The molecule has 5 heteroatoms. The fourth-order valence-electron chi connectivity index (χ4n) is 6.43. The Morgan fingerprint density at radius 3 is 1.96 bits per heavy atom. The van der Waals surface area contributed by atoms with Crippen LogP contribution in [0.5, 0.6) is 0 Å². The molecule has 0 atom stereocenters. The van der Waals surface area contributed by atoms with E-state index >= 15 is 0 Å². The molecule has 234 valence electrons. The summed E-state index contributed by atoms with van der Waals surface area (Å²) in [6, 6.07) is 27.1. The van der Waals surface area contributed by atoms with E-state index < -0.39 is 60.4 Å². The van der Waals surface area contributed by atoms with Gasteiger partial charge in [0.2, 0.25) is 0 Å². The van der Waals surface area contributed by atoms with Gasteiger partial charge in [0.25, 0.3) is 0 Å². The Morgan fingerprint density at radius 2 is 1.14 bits per heavy atom. The topological polar surface area (TPSA) is 51.8 Å². The van der Waals surface area contributed by atoms with E-state index in [-0.39, 0.29) is 22.3 Å². The van der Waals surface area contributed by atoms with E-state index in [1.165, 1.54) is 11.3 Å². The van der Waals surface area contributed by atoms with Gasteiger partial charge in [0.1, 0.15) is 11.2 Å². The molecule has 0 N–H and O–H groups in total. The number of thiophene rings is 1. The zero-order valence-electron chi connectivity index (χ0n) is 36.0. The van der Waals surface area contributed by atoms with Crippen LogP contribution in [0.25, 0.3) is 98.5 Å². The first-order chi connectivity index (χ1) is 28.9. The van der Waals surface area contributed by atoms with Crippen molar-refractivity contribution in [2.75, 3.05) is 0 Å². The smallest absolute Gasteiger partial charge is 0.164 e. The average Bonchev–Trinajstić information content (AvgIpc) is 3.85. The van der Waals surface area contributed by atoms with E-state index in [2.05, 4.69) is 0 Å². The van der Waals surface area contributed by atoms with Gasteiger partial charge in [-0.2, -0.15) is 0 Å². The van der Waals surface area contributed by atoms with Crippen molar-refractivity contribution >= 4 is 53.4 Å². The molecule has 4 nitrogen and oxygen atoms in total. The third-order valence-electron chi connectivity index (χ3n) is 8.70. The number of para-hydroxylation sites is 1. The molecule has 10 aromatic rings. The van der Waals surface area contributed by atoms with Gasteiger partial charge in [-0.05, 0) is 59.2 Å². The highest BCUT2D eigenvalue weighted by Crippen LogP contribution is 2.46. The third kappa shape index (κ3) is 4.79. The molecule has 0 aliphatic rings. The van der Waals surface area contributed by atoms with Gasteiger partial charge in [0.15, 0.2) is 17.5 Å². The fraction of sp³-hybridized carbons (Fsp3) is 0. The first-order valence-corrected chi connectivity index (χ1v) is 16.6. The maximum atomic E-state index is 8.95. The lowest BCUT2D eigenvalue weighted by atomic mass is 9.95. The molecule has 0 saturated carbocycles. The van der Waals surface area contributed by atoms with Crippen LogP contribution in [0.3, 0.4) is 0 Å². The van der Waals surface area contributed by atoms with Gasteiger partial charge in [-0.15, -0.1) is 11.3 Å². The van der Waals surface area contributed by atoms with E-state index in [1.807, 2.05) is 91.0 Å². The molecule has 0 fully saturated rings. The summed E-state index contributed by atoms with van der Waals surface area (Å²) in [6.45, 7) is 0. The molecule has 0 aliphatic carbocycles. The summed E-state index contributed by atoms with van der Waals surface area (Å²) in [5, 5.41) is 3.06. The SMILES string of the molecule is [2H]c1c([2H])c([2H])c(-c2cc(-c3c([2H])c([2H])c([2H])c([2H])c3[2H])c3sc4cccc(-c5nc(-c6ccccc6)nc(-c6ccc7oc8ccccc8c7c6)n5)c4c3c2)c([2H])c1[2H]. The highest BCUT2D eigenvalue weighted by atomic mass is 32.1. The number of hydrogen-bond donors (Lipinski definition) is 0. The first kappa shape index (κ1) is 20.2. The Hall–Kier alpha value is -6.43. The van der Waals surface area contributed by atoms with Gasteiger partial charge in [0, 0.05) is 53.2 Å². The van der Waals surface area contributed by atoms with Crippen molar-refractivity contribution in [1.29, 1.82) is 0 Å². The lowest BCUT2D eigenvalue weighted by molar-refractivity contribution is 0.669. The summed E-state index contributed by atoms with van der Waals surface area (Å²) in [4.78, 5) is 15.1. The largest absolute Gasteiger partial charge is 0.456 e. The number of rotatable bonds is 5. The van der Waals surface area contributed by atoms with Gasteiger partial charge < -0.3 is 4.42 Å². The second kappa shape index (κ2) is 11.6. The summed E-state index contributed by atoms with van der Waals surface area (Å²) in [5.41, 5.74) is 3.84. The van der Waals surface area contributed by atoms with Crippen LogP contribution in [-0.4, -0.2) is 15.0 Å². The van der Waals surface area contributed by atoms with Crippen molar-refractivity contribution < 1.29 is 18.1 Å². The number of aromatic nitrogens is 3. The lowest BCUT2D eigenvalue weighted by Crippen LogP contribution is -2.00. The summed E-state index contributed by atoms with van der Waals surface area (Å²) >= 11 is 1.34. The maximum Gasteiger partial charge on any atom is 0.164 e. The minimum absolute atomic E-state index is 0.0794. The van der Waals surface area contributed by atoms with Crippen molar-refractivity contribution in [2.24, 2.45) is 0 Å². The number of hydrogen-bond acceptors (Lipinski definition) is 5. The molecule has 7 aromatic carbocycles. The van der Waals surface area contributed by atoms with E-state index in [0.717, 1.165) is 37.8 Å². The lowest BCUT2D eigenvalue weighted by Gasteiger charge is -2.11. The Kier molecular flexibility index (Phi) is 4.69. The minimum Gasteiger partial charge on any atom is -0.456 e. The third-order valence-corrected chi connectivity index (χ3v) is 9.90. The van der Waals surface area contributed by atoms with Gasteiger partial charge in [0.05, 0.1) is 13.7 Å².